The largest absolute Gasteiger partial charge is 0.510 e. The first kappa shape index (κ1) is 38.6. The Kier molecular flexibility index (Phi) is 9.08. The minimum absolute atomic E-state index is 0. The van der Waals surface area contributed by atoms with E-state index in [9.17, 15) is 11.0 Å². The number of benzene rings is 10. The molecule has 0 bridgehead atoms. The molecule has 4 aromatic heterocycles. The average molecular weight is 1270 g/mol. The molecule has 83 heavy (non-hydrogen) atoms. The molecule has 0 fully saturated rings. The number of fused-ring (bicyclic) bond motifs is 13. The number of aryl methyl sites for hydroxylation is 2. The number of ether oxygens (including phenoxy) is 1. The quantitative estimate of drug-likeness (QED) is 0.123. The predicted molar refractivity (Wildman–Crippen MR) is 336 cm³/mol. The van der Waals surface area contributed by atoms with Gasteiger partial charge in [0.15, 0.2) is 0 Å². The van der Waals surface area contributed by atoms with Crippen LogP contribution in [0.15, 0.2) is 212 Å². The van der Waals surface area contributed by atoms with E-state index in [2.05, 4.69) is 66.6 Å². The van der Waals surface area contributed by atoms with Crippen LogP contribution in [0.5, 0.6) is 11.5 Å². The summed E-state index contributed by atoms with van der Waals surface area (Å²) in [6.07, 6.45) is 5.52. The van der Waals surface area contributed by atoms with Crippen LogP contribution in [-0.2, 0) is 31.9 Å². The molecule has 7 heteroatoms. The smallest absolute Gasteiger partial charge is 0.268 e. The number of rotatable bonds is 6. The van der Waals surface area contributed by atoms with Gasteiger partial charge in [0.2, 0.25) is 0 Å². The van der Waals surface area contributed by atoms with E-state index >= 15 is 0 Å². The van der Waals surface area contributed by atoms with Crippen LogP contribution in [0.3, 0.4) is 0 Å². The molecule has 5 heterocycles. The molecule has 0 amide bonds. The number of nitrogens with zero attached hydrogens (tertiary/aromatic N) is 5. The Balaban J connectivity index is 0.00000807. The van der Waals surface area contributed by atoms with Crippen LogP contribution in [0, 0.1) is 32.2 Å². The summed E-state index contributed by atoms with van der Waals surface area (Å²) in [4.78, 5) is 4.87. The second kappa shape index (κ2) is 19.5. The summed E-state index contributed by atoms with van der Waals surface area (Å²) in [5, 5.41) is 3.80. The fourth-order valence-corrected chi connectivity index (χ4v) is 12.1. The minimum Gasteiger partial charge on any atom is -0.510 e. The van der Waals surface area contributed by atoms with Gasteiger partial charge in [-0.1, -0.05) is 174 Å². The SMILES string of the molecule is [2H]c1c([2H])c([2H])c2c(c1[2H])-c1cc(-c3c(C([2H])([2H])[2H])cccc3C([2H])([2H])[2H])cc(C(C)(C)C)c1-[n+]1[c-]n(-c3[c-]c(Oc4[c-]c5c(cc4)c4ccccc4n5-c4cc(C(C)(C)C)ccn4)ccc3)c3cc(-n4c5ccccc5c5ccccc54)cc(c31)-c1c([2H])c([2H])c([2H])c([2H])c1-2.[Pt]. The Morgan fingerprint density at radius 2 is 1.12 bits per heavy atom. The standard InChI is InChI=1S/C76H59N5O.Pt/c1-47-21-19-22-48(2)72(47)49-39-63-57-27-11-9-25-55(57)56-26-10-12-28-58(56)64-43-52(80-66-32-16-13-29-59(66)60-30-14-17-33-67(60)80)44-70-74(64)79(73(63)65(40-49)76(6,7)8)46-78(70)51-23-20-24-53(42-51)82-54-35-36-62-61-31-15-18-34-68(61)81(69(62)45-54)71-41-50(37-38-77-71)75(3,4)5;/h9-41,43-44H,1-8H3;/q-2;/i1D3,2D3,9D,10D,11D,12D,25D,26D,27D,28D;. The van der Waals surface area contributed by atoms with E-state index in [0.717, 1.165) is 49.2 Å². The first-order valence-corrected chi connectivity index (χ1v) is 27.2. The maximum Gasteiger partial charge on any atom is 0.268 e. The second-order valence-corrected chi connectivity index (χ2v) is 23.0. The van der Waals surface area contributed by atoms with Gasteiger partial charge in [-0.3, -0.25) is 4.57 Å². The third kappa shape index (κ3) is 8.40. The molecular formula is C76H59N5OPt-2. The van der Waals surface area contributed by atoms with Crippen molar-refractivity contribution in [1.29, 1.82) is 0 Å². The summed E-state index contributed by atoms with van der Waals surface area (Å²) in [6.45, 7) is 6.51. The zero-order valence-corrected chi connectivity index (χ0v) is 48.3. The number of hydrogen-bond acceptors (Lipinski definition) is 2. The number of pyridine rings is 1. The molecule has 10 aromatic carbocycles. The summed E-state index contributed by atoms with van der Waals surface area (Å²) >= 11 is 0. The molecule has 0 aliphatic carbocycles. The van der Waals surface area contributed by atoms with Gasteiger partial charge in [-0.05, 0) is 151 Å². The van der Waals surface area contributed by atoms with Crippen molar-refractivity contribution in [2.75, 3.05) is 0 Å². The van der Waals surface area contributed by atoms with E-state index in [1.807, 2.05) is 130 Å². The van der Waals surface area contributed by atoms with E-state index in [1.165, 1.54) is 18.2 Å². The summed E-state index contributed by atoms with van der Waals surface area (Å²) in [5.41, 5.74) is 4.54. The van der Waals surface area contributed by atoms with E-state index in [1.54, 1.807) is 27.3 Å². The van der Waals surface area contributed by atoms with Crippen molar-refractivity contribution in [1.82, 2.24) is 18.7 Å². The molecule has 0 saturated carbocycles. The third-order valence-electron chi connectivity index (χ3n) is 15.8. The van der Waals surface area contributed by atoms with Gasteiger partial charge < -0.3 is 18.4 Å². The molecule has 1 aliphatic heterocycles. The number of para-hydroxylation sites is 3. The summed E-state index contributed by atoms with van der Waals surface area (Å²) in [5.74, 6) is 1.37. The van der Waals surface area contributed by atoms with Crippen LogP contribution in [0.4, 0.5) is 0 Å². The average Bonchev–Trinajstić information content (AvgIpc) is 1.61. The molecule has 0 N–H and O–H groups in total. The van der Waals surface area contributed by atoms with Gasteiger partial charge in [0.05, 0.1) is 38.7 Å². The van der Waals surface area contributed by atoms with E-state index in [4.69, 9.17) is 17.9 Å². The van der Waals surface area contributed by atoms with Gasteiger partial charge >= 0.3 is 0 Å². The van der Waals surface area contributed by atoms with Crippen molar-refractivity contribution >= 4 is 54.6 Å². The Labute approximate surface area is 518 Å². The molecule has 0 saturated heterocycles. The molecule has 0 radical (unpaired) electrons. The van der Waals surface area contributed by atoms with Crippen molar-refractivity contribution in [3.63, 3.8) is 0 Å². The fraction of sp³-hybridized carbons (Fsp3) is 0.132. The summed E-state index contributed by atoms with van der Waals surface area (Å²) in [6, 6.07) is 50.7. The first-order valence-electron chi connectivity index (χ1n) is 34.2. The van der Waals surface area contributed by atoms with Gasteiger partial charge in [0.1, 0.15) is 5.82 Å². The van der Waals surface area contributed by atoms with Crippen LogP contribution < -0.4 is 9.30 Å². The third-order valence-corrected chi connectivity index (χ3v) is 15.8. The maximum absolute atomic E-state index is 10.2. The Bertz CT molecular complexity index is 5610. The summed E-state index contributed by atoms with van der Waals surface area (Å²) in [7, 11) is 0. The van der Waals surface area contributed by atoms with Gasteiger partial charge in [-0.2, -0.15) is 18.2 Å². The van der Waals surface area contributed by atoms with E-state index < -0.39 is 67.5 Å². The van der Waals surface area contributed by atoms with Gasteiger partial charge in [-0.15, -0.1) is 29.7 Å². The van der Waals surface area contributed by atoms with Crippen LogP contribution in [0.25, 0.3) is 122 Å². The molecular weight excluding hydrogens is 1190 g/mol. The van der Waals surface area contributed by atoms with Crippen molar-refractivity contribution < 1.29 is 49.6 Å². The van der Waals surface area contributed by atoms with Gasteiger partial charge in [0.25, 0.3) is 6.33 Å². The van der Waals surface area contributed by atoms with E-state index in [-0.39, 0.29) is 93.6 Å². The zero-order chi connectivity index (χ0) is 67.7. The van der Waals surface area contributed by atoms with Crippen LogP contribution >= 0.6 is 0 Å². The van der Waals surface area contributed by atoms with Crippen molar-refractivity contribution in [3.05, 3.63) is 253 Å². The Morgan fingerprint density at radius 1 is 0.530 bits per heavy atom. The molecule has 1 aliphatic rings. The Hall–Kier alpha value is -9.09. The summed E-state index contributed by atoms with van der Waals surface area (Å²) < 4.78 is 146. The molecule has 0 unspecified atom stereocenters. The molecule has 406 valence electrons. The maximum atomic E-state index is 10.2. The van der Waals surface area contributed by atoms with Crippen molar-refractivity contribution in [2.45, 2.75) is 66.1 Å². The second-order valence-electron chi connectivity index (χ2n) is 23.0. The Morgan fingerprint density at radius 3 is 1.76 bits per heavy atom. The normalized spacial score (nSPS) is 15.0. The van der Waals surface area contributed by atoms with Crippen LogP contribution in [0.1, 0.15) is 83.0 Å². The monoisotopic (exact) mass is 1270 g/mol. The van der Waals surface area contributed by atoms with Gasteiger partial charge in [-0.25, -0.2) is 4.98 Å². The first-order chi connectivity index (χ1) is 45.5. The number of imidazole rings is 1. The topological polar surface area (TPSA) is 40.8 Å². The minimum atomic E-state index is -2.86. The molecule has 14 aromatic rings. The molecule has 0 atom stereocenters. The van der Waals surface area contributed by atoms with Crippen molar-refractivity contribution in [2.24, 2.45) is 0 Å². The molecule has 0 spiro atoms. The number of aromatic nitrogens is 5. The molecule has 15 rings (SSSR count). The fourth-order valence-electron chi connectivity index (χ4n) is 12.1. The molecule has 6 nitrogen and oxygen atoms in total. The predicted octanol–water partition coefficient (Wildman–Crippen LogP) is 18.9. The number of hydrogen-bond donors (Lipinski definition) is 0. The van der Waals surface area contributed by atoms with E-state index in [0.29, 0.717) is 39.5 Å². The zero-order valence-electron chi connectivity index (χ0n) is 60.0. The van der Waals surface area contributed by atoms with Crippen LogP contribution in [0.2, 0.25) is 0 Å². The van der Waals surface area contributed by atoms with Gasteiger partial charge in [0, 0.05) is 69.0 Å². The van der Waals surface area contributed by atoms with Crippen LogP contribution in [-0.4, -0.2) is 18.7 Å². The van der Waals surface area contributed by atoms with Crippen molar-refractivity contribution in [3.8, 4) is 78.9 Å².